The molecular weight excluding hydrogens is 222 g/mol. The highest BCUT2D eigenvalue weighted by Crippen LogP contribution is 2.40. The lowest BCUT2D eigenvalue weighted by atomic mass is 9.91. The lowest BCUT2D eigenvalue weighted by molar-refractivity contribution is 0.153. The molecule has 0 aromatic rings. The van der Waals surface area contributed by atoms with Gasteiger partial charge in [-0.3, -0.25) is 4.90 Å². The summed E-state index contributed by atoms with van der Waals surface area (Å²) in [5.41, 5.74) is 0.547. The van der Waals surface area contributed by atoms with Crippen LogP contribution in [0.3, 0.4) is 0 Å². The van der Waals surface area contributed by atoms with Gasteiger partial charge in [0.25, 0.3) is 0 Å². The summed E-state index contributed by atoms with van der Waals surface area (Å²) in [6.07, 6.45) is 2.72. The Kier molecular flexibility index (Phi) is 4.68. The number of hydrogen-bond acceptors (Lipinski definition) is 3. The molecular formula is C15H31N3. The molecule has 2 aliphatic rings. The molecule has 106 valence electrons. The number of likely N-dealkylation sites (N-methyl/N-ethyl adjacent to an activating group) is 1. The predicted molar refractivity (Wildman–Crippen MR) is 77.9 cm³/mol. The van der Waals surface area contributed by atoms with Crippen molar-refractivity contribution in [3.05, 3.63) is 0 Å². The van der Waals surface area contributed by atoms with Crippen LogP contribution in [0.1, 0.15) is 33.6 Å². The lowest BCUT2D eigenvalue weighted by Crippen LogP contribution is -2.47. The molecule has 0 aromatic heterocycles. The van der Waals surface area contributed by atoms with E-state index < -0.39 is 0 Å². The van der Waals surface area contributed by atoms with Gasteiger partial charge in [0.15, 0.2) is 0 Å². The van der Waals surface area contributed by atoms with Gasteiger partial charge in [0.2, 0.25) is 0 Å². The fourth-order valence-corrected chi connectivity index (χ4v) is 3.65. The number of hydrogen-bond donors (Lipinski definition) is 1. The van der Waals surface area contributed by atoms with Gasteiger partial charge in [-0.05, 0) is 31.2 Å². The first kappa shape index (κ1) is 14.3. The molecule has 2 fully saturated rings. The highest BCUT2D eigenvalue weighted by atomic mass is 15.2. The van der Waals surface area contributed by atoms with Crippen molar-refractivity contribution in [3.63, 3.8) is 0 Å². The smallest absolute Gasteiger partial charge is 0.0110 e. The molecule has 2 atom stereocenters. The topological polar surface area (TPSA) is 18.5 Å². The largest absolute Gasteiger partial charge is 0.312 e. The average molecular weight is 253 g/mol. The van der Waals surface area contributed by atoms with Crippen LogP contribution in [0, 0.1) is 11.3 Å². The Hall–Kier alpha value is -0.120. The first-order valence-electron chi connectivity index (χ1n) is 7.60. The van der Waals surface area contributed by atoms with Crippen LogP contribution in [0.25, 0.3) is 0 Å². The standard InChI is InChI=1S/C15H31N3/c1-13-11-15(2,3)12-14(13)16-5-6-18-9-7-17(4)8-10-18/h13-14,16H,5-12H2,1-4H3. The van der Waals surface area contributed by atoms with Crippen molar-refractivity contribution in [3.8, 4) is 0 Å². The van der Waals surface area contributed by atoms with Crippen LogP contribution in [0.2, 0.25) is 0 Å². The van der Waals surface area contributed by atoms with Gasteiger partial charge < -0.3 is 10.2 Å². The third-order valence-corrected chi connectivity index (χ3v) is 4.76. The van der Waals surface area contributed by atoms with E-state index in [9.17, 15) is 0 Å². The SMILES string of the molecule is CC1CC(C)(C)CC1NCCN1CCN(C)CC1. The Labute approximate surface area is 113 Å². The van der Waals surface area contributed by atoms with Crippen molar-refractivity contribution in [1.29, 1.82) is 0 Å². The van der Waals surface area contributed by atoms with E-state index in [1.165, 1.54) is 45.6 Å². The molecule has 1 aliphatic carbocycles. The summed E-state index contributed by atoms with van der Waals surface area (Å²) in [4.78, 5) is 5.02. The van der Waals surface area contributed by atoms with Gasteiger partial charge in [-0.1, -0.05) is 20.8 Å². The lowest BCUT2D eigenvalue weighted by Gasteiger charge is -2.32. The molecule has 1 saturated carbocycles. The molecule has 18 heavy (non-hydrogen) atoms. The molecule has 0 spiro atoms. The zero-order chi connectivity index (χ0) is 13.2. The van der Waals surface area contributed by atoms with Crippen molar-refractivity contribution in [2.75, 3.05) is 46.3 Å². The van der Waals surface area contributed by atoms with Crippen LogP contribution in [0.15, 0.2) is 0 Å². The van der Waals surface area contributed by atoms with Crippen molar-refractivity contribution < 1.29 is 0 Å². The summed E-state index contributed by atoms with van der Waals surface area (Å²) in [6, 6.07) is 0.743. The van der Waals surface area contributed by atoms with Gasteiger partial charge in [0.1, 0.15) is 0 Å². The van der Waals surface area contributed by atoms with Crippen molar-refractivity contribution >= 4 is 0 Å². The highest BCUT2D eigenvalue weighted by molar-refractivity contribution is 4.91. The summed E-state index contributed by atoms with van der Waals surface area (Å²) in [7, 11) is 2.22. The van der Waals surface area contributed by atoms with E-state index in [1.54, 1.807) is 0 Å². The third kappa shape index (κ3) is 3.94. The molecule has 1 N–H and O–H groups in total. The minimum absolute atomic E-state index is 0.547. The molecule has 1 heterocycles. The minimum Gasteiger partial charge on any atom is -0.312 e. The Morgan fingerprint density at radius 3 is 2.33 bits per heavy atom. The molecule has 2 unspecified atom stereocenters. The Balaban J connectivity index is 1.64. The Morgan fingerprint density at radius 1 is 1.11 bits per heavy atom. The number of piperazine rings is 1. The van der Waals surface area contributed by atoms with Crippen molar-refractivity contribution in [2.24, 2.45) is 11.3 Å². The van der Waals surface area contributed by atoms with Crippen LogP contribution in [-0.2, 0) is 0 Å². The predicted octanol–water partition coefficient (Wildman–Crippen LogP) is 1.65. The van der Waals surface area contributed by atoms with Crippen molar-refractivity contribution in [2.45, 2.75) is 39.7 Å². The van der Waals surface area contributed by atoms with Crippen molar-refractivity contribution in [1.82, 2.24) is 15.1 Å². The second-order valence-electron chi connectivity index (χ2n) is 7.26. The van der Waals surface area contributed by atoms with E-state index in [0.29, 0.717) is 5.41 Å². The molecule has 0 radical (unpaired) electrons. The summed E-state index contributed by atoms with van der Waals surface area (Å²) in [6.45, 7) is 14.5. The quantitative estimate of drug-likeness (QED) is 0.822. The van der Waals surface area contributed by atoms with Crippen LogP contribution >= 0.6 is 0 Å². The molecule has 0 aromatic carbocycles. The fourth-order valence-electron chi connectivity index (χ4n) is 3.65. The normalized spacial score (nSPS) is 34.0. The molecule has 3 nitrogen and oxygen atoms in total. The number of nitrogens with one attached hydrogen (secondary N) is 1. The van der Waals surface area contributed by atoms with E-state index in [-0.39, 0.29) is 0 Å². The highest BCUT2D eigenvalue weighted by Gasteiger charge is 2.36. The zero-order valence-electron chi connectivity index (χ0n) is 12.7. The van der Waals surface area contributed by atoms with E-state index in [2.05, 4.69) is 42.9 Å². The maximum absolute atomic E-state index is 3.79. The van der Waals surface area contributed by atoms with E-state index in [4.69, 9.17) is 0 Å². The second-order valence-corrected chi connectivity index (χ2v) is 7.26. The van der Waals surface area contributed by atoms with Crippen LogP contribution in [0.5, 0.6) is 0 Å². The van der Waals surface area contributed by atoms with Crippen LogP contribution < -0.4 is 5.32 Å². The zero-order valence-corrected chi connectivity index (χ0v) is 12.7. The Morgan fingerprint density at radius 2 is 1.78 bits per heavy atom. The molecule has 1 saturated heterocycles. The maximum atomic E-state index is 3.79. The molecule has 2 rings (SSSR count). The van der Waals surface area contributed by atoms with Crippen LogP contribution in [-0.4, -0.2) is 62.2 Å². The van der Waals surface area contributed by atoms with Crippen LogP contribution in [0.4, 0.5) is 0 Å². The molecule has 0 amide bonds. The van der Waals surface area contributed by atoms with Gasteiger partial charge >= 0.3 is 0 Å². The molecule has 3 heteroatoms. The fraction of sp³-hybridized carbons (Fsp3) is 1.00. The van der Waals surface area contributed by atoms with Gasteiger partial charge in [-0.2, -0.15) is 0 Å². The summed E-state index contributed by atoms with van der Waals surface area (Å²) in [5, 5.41) is 3.79. The first-order chi connectivity index (χ1) is 8.46. The number of nitrogens with zero attached hydrogens (tertiary/aromatic N) is 2. The average Bonchev–Trinajstić information content (AvgIpc) is 2.55. The minimum atomic E-state index is 0.547. The number of rotatable bonds is 4. The Bertz CT molecular complexity index is 256. The van der Waals surface area contributed by atoms with Gasteiger partial charge in [-0.25, -0.2) is 0 Å². The van der Waals surface area contributed by atoms with Gasteiger partial charge in [0, 0.05) is 45.3 Å². The molecule has 1 aliphatic heterocycles. The van der Waals surface area contributed by atoms with E-state index in [0.717, 1.165) is 18.5 Å². The van der Waals surface area contributed by atoms with Gasteiger partial charge in [0.05, 0.1) is 0 Å². The van der Waals surface area contributed by atoms with E-state index in [1.807, 2.05) is 0 Å². The molecule has 0 bridgehead atoms. The second kappa shape index (κ2) is 5.89. The summed E-state index contributed by atoms with van der Waals surface area (Å²) in [5.74, 6) is 0.840. The maximum Gasteiger partial charge on any atom is 0.0110 e. The summed E-state index contributed by atoms with van der Waals surface area (Å²) < 4.78 is 0. The summed E-state index contributed by atoms with van der Waals surface area (Å²) >= 11 is 0. The van der Waals surface area contributed by atoms with E-state index >= 15 is 0 Å². The first-order valence-corrected chi connectivity index (χ1v) is 7.60. The monoisotopic (exact) mass is 253 g/mol. The third-order valence-electron chi connectivity index (χ3n) is 4.76. The van der Waals surface area contributed by atoms with Gasteiger partial charge in [-0.15, -0.1) is 0 Å².